The van der Waals surface area contributed by atoms with E-state index in [1.54, 1.807) is 0 Å². The van der Waals surface area contributed by atoms with Crippen molar-refractivity contribution in [3.8, 4) is 5.69 Å². The van der Waals surface area contributed by atoms with Crippen LogP contribution in [-0.2, 0) is 0 Å². The van der Waals surface area contributed by atoms with Crippen molar-refractivity contribution in [2.75, 3.05) is 6.54 Å². The third kappa shape index (κ3) is 3.05. The number of aryl methyl sites for hydroxylation is 1. The van der Waals surface area contributed by atoms with E-state index < -0.39 is 0 Å². The highest BCUT2D eigenvalue weighted by atomic mass is 35.5. The highest BCUT2D eigenvalue weighted by Crippen LogP contribution is 2.23. The first-order valence-corrected chi connectivity index (χ1v) is 7.47. The summed E-state index contributed by atoms with van der Waals surface area (Å²) in [7, 11) is 0. The topological polar surface area (TPSA) is 29.9 Å². The normalized spacial score (nSPS) is 12.7. The zero-order valence-corrected chi connectivity index (χ0v) is 13.3. The fourth-order valence-corrected chi connectivity index (χ4v) is 2.38. The molecule has 0 saturated carbocycles. The SMILES string of the molecule is CCCNC(C)c1ccc(-n2nc(C)c(Cl)c2C)cc1. The molecule has 3 nitrogen and oxygen atoms in total. The summed E-state index contributed by atoms with van der Waals surface area (Å²) >= 11 is 6.19. The van der Waals surface area contributed by atoms with E-state index in [1.165, 1.54) is 5.56 Å². The maximum Gasteiger partial charge on any atom is 0.0848 e. The standard InChI is InChI=1S/C16H22ClN3/c1-5-10-18-11(2)14-6-8-15(9-7-14)20-13(4)16(17)12(3)19-20/h6-9,11,18H,5,10H2,1-4H3. The maximum atomic E-state index is 6.19. The van der Waals surface area contributed by atoms with Gasteiger partial charge in [0, 0.05) is 6.04 Å². The molecular weight excluding hydrogens is 270 g/mol. The average molecular weight is 292 g/mol. The highest BCUT2D eigenvalue weighted by Gasteiger charge is 2.11. The maximum absolute atomic E-state index is 6.19. The predicted octanol–water partition coefficient (Wildman–Crippen LogP) is 4.20. The first-order chi connectivity index (χ1) is 9.54. The van der Waals surface area contributed by atoms with Gasteiger partial charge >= 0.3 is 0 Å². The van der Waals surface area contributed by atoms with Gasteiger partial charge in [0.1, 0.15) is 0 Å². The van der Waals surface area contributed by atoms with Crippen molar-refractivity contribution in [3.05, 3.63) is 46.2 Å². The number of benzene rings is 1. The van der Waals surface area contributed by atoms with Gasteiger partial charge in [-0.25, -0.2) is 4.68 Å². The molecule has 0 aliphatic rings. The summed E-state index contributed by atoms with van der Waals surface area (Å²) in [6.07, 6.45) is 1.15. The summed E-state index contributed by atoms with van der Waals surface area (Å²) in [6, 6.07) is 8.85. The Morgan fingerprint density at radius 1 is 1.25 bits per heavy atom. The quantitative estimate of drug-likeness (QED) is 0.894. The van der Waals surface area contributed by atoms with Crippen LogP contribution in [0.25, 0.3) is 5.69 Å². The van der Waals surface area contributed by atoms with Crippen molar-refractivity contribution in [2.45, 2.75) is 40.2 Å². The lowest BCUT2D eigenvalue weighted by Crippen LogP contribution is -2.19. The number of hydrogen-bond donors (Lipinski definition) is 1. The highest BCUT2D eigenvalue weighted by molar-refractivity contribution is 6.31. The summed E-state index contributed by atoms with van der Waals surface area (Å²) in [5, 5.41) is 8.70. The number of nitrogens with one attached hydrogen (secondary N) is 1. The van der Waals surface area contributed by atoms with Gasteiger partial charge in [0.05, 0.1) is 22.1 Å². The Morgan fingerprint density at radius 2 is 1.90 bits per heavy atom. The van der Waals surface area contributed by atoms with Crippen molar-refractivity contribution in [2.24, 2.45) is 0 Å². The third-order valence-corrected chi connectivity index (χ3v) is 4.09. The molecule has 0 aliphatic heterocycles. The fourth-order valence-electron chi connectivity index (χ4n) is 2.26. The second-order valence-corrected chi connectivity index (χ2v) is 5.54. The van der Waals surface area contributed by atoms with E-state index >= 15 is 0 Å². The van der Waals surface area contributed by atoms with Crippen LogP contribution in [-0.4, -0.2) is 16.3 Å². The van der Waals surface area contributed by atoms with Gasteiger partial charge in [-0.3, -0.25) is 0 Å². The molecule has 2 aromatic rings. The number of rotatable bonds is 5. The van der Waals surface area contributed by atoms with Crippen LogP contribution >= 0.6 is 11.6 Å². The molecule has 1 aromatic heterocycles. The molecule has 2 rings (SSSR count). The number of aromatic nitrogens is 2. The van der Waals surface area contributed by atoms with E-state index in [0.717, 1.165) is 35.1 Å². The van der Waals surface area contributed by atoms with E-state index in [2.05, 4.69) is 48.5 Å². The van der Waals surface area contributed by atoms with Crippen molar-refractivity contribution in [1.29, 1.82) is 0 Å². The molecule has 1 N–H and O–H groups in total. The summed E-state index contributed by atoms with van der Waals surface area (Å²) in [6.45, 7) is 9.31. The van der Waals surface area contributed by atoms with Gasteiger partial charge in [0.2, 0.25) is 0 Å². The summed E-state index contributed by atoms with van der Waals surface area (Å²) < 4.78 is 1.89. The molecule has 4 heteroatoms. The van der Waals surface area contributed by atoms with Crippen molar-refractivity contribution in [1.82, 2.24) is 15.1 Å². The zero-order chi connectivity index (χ0) is 14.7. The average Bonchev–Trinajstić information content (AvgIpc) is 2.72. The Bertz CT molecular complexity index is 572. The van der Waals surface area contributed by atoms with Crippen LogP contribution in [0.2, 0.25) is 5.02 Å². The van der Waals surface area contributed by atoms with Gasteiger partial charge in [-0.15, -0.1) is 0 Å². The van der Waals surface area contributed by atoms with Gasteiger partial charge in [-0.2, -0.15) is 5.10 Å². The van der Waals surface area contributed by atoms with Crippen LogP contribution in [0.4, 0.5) is 0 Å². The third-order valence-electron chi connectivity index (χ3n) is 3.54. The summed E-state index contributed by atoms with van der Waals surface area (Å²) in [4.78, 5) is 0. The molecule has 0 fully saturated rings. The molecule has 20 heavy (non-hydrogen) atoms. The van der Waals surface area contributed by atoms with Crippen LogP contribution in [0.1, 0.15) is 43.3 Å². The second kappa shape index (κ2) is 6.42. The first kappa shape index (κ1) is 15.1. The van der Waals surface area contributed by atoms with Crippen LogP contribution in [0.3, 0.4) is 0 Å². The van der Waals surface area contributed by atoms with E-state index in [4.69, 9.17) is 11.6 Å². The van der Waals surface area contributed by atoms with Crippen molar-refractivity contribution >= 4 is 11.6 Å². The molecule has 1 aromatic carbocycles. The first-order valence-electron chi connectivity index (χ1n) is 7.10. The Kier molecular flexibility index (Phi) is 4.84. The zero-order valence-electron chi connectivity index (χ0n) is 12.6. The van der Waals surface area contributed by atoms with Crippen LogP contribution in [0.5, 0.6) is 0 Å². The molecule has 1 unspecified atom stereocenters. The molecule has 0 saturated heterocycles. The van der Waals surface area contributed by atoms with Crippen molar-refractivity contribution in [3.63, 3.8) is 0 Å². The summed E-state index contributed by atoms with van der Waals surface area (Å²) in [5.41, 5.74) is 4.18. The molecule has 0 spiro atoms. The lowest BCUT2D eigenvalue weighted by molar-refractivity contribution is 0.570. The van der Waals surface area contributed by atoms with Gasteiger partial charge in [-0.1, -0.05) is 30.7 Å². The minimum atomic E-state index is 0.369. The van der Waals surface area contributed by atoms with Gasteiger partial charge in [0.25, 0.3) is 0 Å². The van der Waals surface area contributed by atoms with E-state index in [1.807, 2.05) is 18.5 Å². The van der Waals surface area contributed by atoms with Gasteiger partial charge < -0.3 is 5.32 Å². The Hall–Kier alpha value is -1.32. The Labute approximate surface area is 126 Å². The molecule has 0 bridgehead atoms. The van der Waals surface area contributed by atoms with Crippen LogP contribution in [0, 0.1) is 13.8 Å². The lowest BCUT2D eigenvalue weighted by Gasteiger charge is -2.14. The monoisotopic (exact) mass is 291 g/mol. The number of hydrogen-bond acceptors (Lipinski definition) is 2. The molecule has 1 heterocycles. The van der Waals surface area contributed by atoms with Crippen molar-refractivity contribution < 1.29 is 0 Å². The van der Waals surface area contributed by atoms with E-state index in [9.17, 15) is 0 Å². The molecular formula is C16H22ClN3. The number of halogens is 1. The predicted molar refractivity (Wildman–Crippen MR) is 84.8 cm³/mol. The largest absolute Gasteiger partial charge is 0.310 e. The van der Waals surface area contributed by atoms with E-state index in [0.29, 0.717) is 6.04 Å². The van der Waals surface area contributed by atoms with Crippen LogP contribution in [0.15, 0.2) is 24.3 Å². The molecule has 0 radical (unpaired) electrons. The summed E-state index contributed by atoms with van der Waals surface area (Å²) in [5.74, 6) is 0. The lowest BCUT2D eigenvalue weighted by atomic mass is 10.1. The van der Waals surface area contributed by atoms with E-state index in [-0.39, 0.29) is 0 Å². The van der Waals surface area contributed by atoms with Gasteiger partial charge in [-0.05, 0) is 51.4 Å². The minimum absolute atomic E-state index is 0.369. The van der Waals surface area contributed by atoms with Crippen LogP contribution < -0.4 is 5.32 Å². The fraction of sp³-hybridized carbons (Fsp3) is 0.438. The number of nitrogens with zero attached hydrogens (tertiary/aromatic N) is 2. The Morgan fingerprint density at radius 3 is 2.40 bits per heavy atom. The molecule has 108 valence electrons. The second-order valence-electron chi connectivity index (χ2n) is 5.16. The molecule has 0 aliphatic carbocycles. The molecule has 0 amide bonds. The Balaban J connectivity index is 2.21. The smallest absolute Gasteiger partial charge is 0.0848 e. The minimum Gasteiger partial charge on any atom is -0.310 e. The molecule has 1 atom stereocenters. The van der Waals surface area contributed by atoms with Gasteiger partial charge in [0.15, 0.2) is 0 Å².